The SMILES string of the molecule is O=C(CNC1CCCC1)N(CCO)CC(F)F. The number of alkyl halides is 2. The Hall–Kier alpha value is -0.750. The van der Waals surface area contributed by atoms with Gasteiger partial charge in [0, 0.05) is 12.6 Å². The minimum absolute atomic E-state index is 0.0322. The first-order valence-corrected chi connectivity index (χ1v) is 6.03. The van der Waals surface area contributed by atoms with Gasteiger partial charge in [-0.1, -0.05) is 12.8 Å². The second kappa shape index (κ2) is 7.55. The summed E-state index contributed by atoms with van der Waals surface area (Å²) >= 11 is 0. The quantitative estimate of drug-likeness (QED) is 0.696. The Labute approximate surface area is 100.0 Å². The molecule has 1 aliphatic rings. The van der Waals surface area contributed by atoms with Crippen molar-refractivity contribution in [2.24, 2.45) is 0 Å². The highest BCUT2D eigenvalue weighted by Gasteiger charge is 2.20. The maximum atomic E-state index is 12.2. The van der Waals surface area contributed by atoms with Crippen LogP contribution in [0.25, 0.3) is 0 Å². The van der Waals surface area contributed by atoms with E-state index in [1.165, 1.54) is 0 Å². The van der Waals surface area contributed by atoms with E-state index < -0.39 is 13.0 Å². The largest absolute Gasteiger partial charge is 0.395 e. The molecule has 0 aromatic carbocycles. The Morgan fingerprint density at radius 1 is 1.41 bits per heavy atom. The lowest BCUT2D eigenvalue weighted by atomic mass is 10.2. The van der Waals surface area contributed by atoms with Crippen LogP contribution in [0.15, 0.2) is 0 Å². The van der Waals surface area contributed by atoms with Gasteiger partial charge >= 0.3 is 0 Å². The van der Waals surface area contributed by atoms with Crippen molar-refractivity contribution in [3.63, 3.8) is 0 Å². The zero-order valence-corrected chi connectivity index (χ0v) is 9.87. The Balaban J connectivity index is 2.30. The van der Waals surface area contributed by atoms with Gasteiger partial charge in [-0.3, -0.25) is 4.79 Å². The number of carbonyl (C=O) groups excluding carboxylic acids is 1. The number of aliphatic hydroxyl groups is 1. The molecule has 0 bridgehead atoms. The topological polar surface area (TPSA) is 52.6 Å². The summed E-state index contributed by atoms with van der Waals surface area (Å²) < 4.78 is 24.4. The van der Waals surface area contributed by atoms with Gasteiger partial charge in [0.15, 0.2) is 0 Å². The molecule has 1 fully saturated rings. The predicted molar refractivity (Wildman–Crippen MR) is 59.9 cm³/mol. The van der Waals surface area contributed by atoms with Crippen LogP contribution in [0.4, 0.5) is 8.78 Å². The third-order valence-electron chi connectivity index (χ3n) is 2.98. The van der Waals surface area contributed by atoms with Crippen molar-refractivity contribution in [2.75, 3.05) is 26.2 Å². The minimum Gasteiger partial charge on any atom is -0.395 e. The molecule has 1 amide bonds. The third kappa shape index (κ3) is 5.41. The van der Waals surface area contributed by atoms with E-state index in [2.05, 4.69) is 5.32 Å². The van der Waals surface area contributed by atoms with Gasteiger partial charge in [0.1, 0.15) is 0 Å². The number of halogens is 2. The van der Waals surface area contributed by atoms with Crippen molar-refractivity contribution < 1.29 is 18.7 Å². The lowest BCUT2D eigenvalue weighted by Crippen LogP contribution is -2.44. The highest BCUT2D eigenvalue weighted by atomic mass is 19.3. The molecular weight excluding hydrogens is 230 g/mol. The molecule has 1 rings (SSSR count). The molecule has 4 nitrogen and oxygen atoms in total. The zero-order valence-electron chi connectivity index (χ0n) is 9.87. The van der Waals surface area contributed by atoms with Crippen molar-refractivity contribution >= 4 is 5.91 Å². The van der Waals surface area contributed by atoms with Gasteiger partial charge in [0.2, 0.25) is 5.91 Å². The fraction of sp³-hybridized carbons (Fsp3) is 0.909. The van der Waals surface area contributed by atoms with Crippen LogP contribution in [0.1, 0.15) is 25.7 Å². The molecule has 0 aromatic heterocycles. The van der Waals surface area contributed by atoms with E-state index in [0.29, 0.717) is 6.04 Å². The van der Waals surface area contributed by atoms with Crippen LogP contribution in [-0.2, 0) is 4.79 Å². The van der Waals surface area contributed by atoms with Crippen LogP contribution >= 0.6 is 0 Å². The smallest absolute Gasteiger partial charge is 0.255 e. The number of carbonyl (C=O) groups is 1. The van der Waals surface area contributed by atoms with Gasteiger partial charge in [0.05, 0.1) is 19.7 Å². The molecule has 1 aliphatic carbocycles. The van der Waals surface area contributed by atoms with Crippen molar-refractivity contribution in [3.05, 3.63) is 0 Å². The molecule has 100 valence electrons. The van der Waals surface area contributed by atoms with Crippen LogP contribution in [0.3, 0.4) is 0 Å². The Morgan fingerprint density at radius 2 is 2.06 bits per heavy atom. The number of nitrogens with one attached hydrogen (secondary N) is 1. The maximum Gasteiger partial charge on any atom is 0.255 e. The summed E-state index contributed by atoms with van der Waals surface area (Å²) in [5.41, 5.74) is 0. The average molecular weight is 250 g/mol. The molecule has 2 N–H and O–H groups in total. The van der Waals surface area contributed by atoms with Gasteiger partial charge in [0.25, 0.3) is 6.43 Å². The number of aliphatic hydroxyl groups excluding tert-OH is 1. The molecule has 0 aliphatic heterocycles. The lowest BCUT2D eigenvalue weighted by molar-refractivity contribution is -0.132. The summed E-state index contributed by atoms with van der Waals surface area (Å²) in [5.74, 6) is -0.369. The van der Waals surface area contributed by atoms with Gasteiger partial charge in [-0.25, -0.2) is 8.78 Å². The van der Waals surface area contributed by atoms with E-state index in [9.17, 15) is 13.6 Å². The molecule has 0 spiro atoms. The molecule has 0 heterocycles. The first-order chi connectivity index (χ1) is 8.13. The summed E-state index contributed by atoms with van der Waals surface area (Å²) in [6, 6.07) is 0.335. The fourth-order valence-electron chi connectivity index (χ4n) is 2.08. The highest BCUT2D eigenvalue weighted by molar-refractivity contribution is 5.78. The molecule has 0 unspecified atom stereocenters. The molecule has 6 heteroatoms. The van der Waals surface area contributed by atoms with Crippen LogP contribution in [0, 0.1) is 0 Å². The highest BCUT2D eigenvalue weighted by Crippen LogP contribution is 2.17. The van der Waals surface area contributed by atoms with E-state index in [4.69, 9.17) is 5.11 Å². The predicted octanol–water partition coefficient (Wildman–Crippen LogP) is 0.605. The van der Waals surface area contributed by atoms with Crippen molar-refractivity contribution in [1.29, 1.82) is 0 Å². The second-order valence-electron chi connectivity index (χ2n) is 4.32. The van der Waals surface area contributed by atoms with E-state index >= 15 is 0 Å². The zero-order chi connectivity index (χ0) is 12.7. The van der Waals surface area contributed by atoms with Gasteiger partial charge in [-0.15, -0.1) is 0 Å². The molecule has 0 aromatic rings. The maximum absolute atomic E-state index is 12.2. The van der Waals surface area contributed by atoms with Gasteiger partial charge < -0.3 is 15.3 Å². The molecule has 17 heavy (non-hydrogen) atoms. The Morgan fingerprint density at radius 3 is 2.59 bits per heavy atom. The second-order valence-corrected chi connectivity index (χ2v) is 4.32. The number of rotatable bonds is 7. The summed E-state index contributed by atoms with van der Waals surface area (Å²) in [4.78, 5) is 12.7. The number of amides is 1. The minimum atomic E-state index is -2.56. The first kappa shape index (κ1) is 14.3. The summed E-state index contributed by atoms with van der Waals surface area (Å²) in [6.07, 6.45) is 1.84. The standard InChI is InChI=1S/C11H20F2N2O2/c12-10(13)8-15(5-6-16)11(17)7-14-9-3-1-2-4-9/h9-10,14,16H,1-8H2. The third-order valence-corrected chi connectivity index (χ3v) is 2.98. The molecule has 0 saturated heterocycles. The van der Waals surface area contributed by atoms with E-state index in [0.717, 1.165) is 30.6 Å². The van der Waals surface area contributed by atoms with Crippen LogP contribution in [-0.4, -0.2) is 54.6 Å². The Kier molecular flexibility index (Phi) is 6.36. The fourth-order valence-corrected chi connectivity index (χ4v) is 2.08. The van der Waals surface area contributed by atoms with Crippen molar-refractivity contribution in [3.8, 4) is 0 Å². The number of nitrogens with zero attached hydrogens (tertiary/aromatic N) is 1. The van der Waals surface area contributed by atoms with E-state index in [1.807, 2.05) is 0 Å². The van der Waals surface area contributed by atoms with Crippen LogP contribution < -0.4 is 5.32 Å². The Bertz CT molecular complexity index is 234. The first-order valence-electron chi connectivity index (χ1n) is 6.03. The molecule has 0 atom stereocenters. The van der Waals surface area contributed by atoms with Crippen molar-refractivity contribution in [2.45, 2.75) is 38.2 Å². The monoisotopic (exact) mass is 250 g/mol. The summed E-state index contributed by atoms with van der Waals surface area (Å²) in [7, 11) is 0. The van der Waals surface area contributed by atoms with Crippen molar-refractivity contribution in [1.82, 2.24) is 10.2 Å². The number of hydrogen-bond acceptors (Lipinski definition) is 3. The number of hydrogen-bond donors (Lipinski definition) is 2. The van der Waals surface area contributed by atoms with E-state index in [-0.39, 0.29) is 25.6 Å². The normalized spacial score (nSPS) is 16.7. The van der Waals surface area contributed by atoms with E-state index in [1.54, 1.807) is 0 Å². The molecular formula is C11H20F2N2O2. The van der Waals surface area contributed by atoms with Gasteiger partial charge in [-0.2, -0.15) is 0 Å². The average Bonchev–Trinajstić information content (AvgIpc) is 2.77. The van der Waals surface area contributed by atoms with Crippen LogP contribution in [0.2, 0.25) is 0 Å². The lowest BCUT2D eigenvalue weighted by Gasteiger charge is -2.22. The van der Waals surface area contributed by atoms with Gasteiger partial charge in [-0.05, 0) is 12.8 Å². The molecule has 0 radical (unpaired) electrons. The summed E-state index contributed by atoms with van der Waals surface area (Å²) in [5, 5.41) is 11.8. The molecule has 1 saturated carbocycles. The summed E-state index contributed by atoms with van der Waals surface area (Å²) in [6.45, 7) is -0.847. The van der Waals surface area contributed by atoms with Crippen LogP contribution in [0.5, 0.6) is 0 Å².